The minimum atomic E-state index is -0.806. The second kappa shape index (κ2) is 11.5. The maximum absolute atomic E-state index is 14.7. The quantitative estimate of drug-likeness (QED) is 0.427. The average Bonchev–Trinajstić information content (AvgIpc) is 3.55. The molecule has 0 radical (unpaired) electrons. The number of aliphatic hydroxyl groups excluding tert-OH is 1. The topological polar surface area (TPSA) is 81.2 Å². The van der Waals surface area contributed by atoms with Crippen LogP contribution in [0.15, 0.2) is 73.8 Å². The monoisotopic (exact) mass is 573 g/mol. The number of β-amino-alcohol motifs (C(OH)–C–C–N with tert-alkyl or cyclic N) is 1. The molecule has 0 aliphatic carbocycles. The minimum Gasteiger partial charge on any atom is -0.395 e. The second-order valence-electron chi connectivity index (χ2n) is 11.4. The summed E-state index contributed by atoms with van der Waals surface area (Å²) >= 11 is 1.64. The van der Waals surface area contributed by atoms with Crippen LogP contribution in [0.4, 0.5) is 11.4 Å². The van der Waals surface area contributed by atoms with Crippen molar-refractivity contribution in [2.75, 3.05) is 36.0 Å². The molecule has 3 unspecified atom stereocenters. The standard InChI is InChI=1S/C33H39N3O4S/c1-6-15-34(24-11-9-8-10-12-24)30(38)27-26-20-23(5)33(41-26)28(27)31(39)36(17-18-37)29(33)32(40)35(16-7-2)25-19-21(3)13-14-22(25)4/h6-14,19,23,26-29,37H,1-2,15-18,20H2,3-5H3/t23?,26-,27+,28-,29?,33?/m0/s1. The maximum Gasteiger partial charge on any atom is 0.251 e. The van der Waals surface area contributed by atoms with Crippen molar-refractivity contribution in [1.29, 1.82) is 0 Å². The molecule has 2 bridgehead atoms. The summed E-state index contributed by atoms with van der Waals surface area (Å²) in [6.45, 7) is 14.2. The zero-order valence-electron chi connectivity index (χ0n) is 24.0. The Bertz CT molecular complexity index is 1360. The molecular formula is C33H39N3O4S. The van der Waals surface area contributed by atoms with Gasteiger partial charge < -0.3 is 19.8 Å². The number of aryl methyl sites for hydroxylation is 2. The van der Waals surface area contributed by atoms with Gasteiger partial charge in [0, 0.05) is 36.3 Å². The van der Waals surface area contributed by atoms with Crippen LogP contribution in [0.25, 0.3) is 0 Å². The first-order valence-corrected chi connectivity index (χ1v) is 15.1. The van der Waals surface area contributed by atoms with Crippen LogP contribution >= 0.6 is 11.8 Å². The summed E-state index contributed by atoms with van der Waals surface area (Å²) in [4.78, 5) is 48.3. The van der Waals surface area contributed by atoms with Gasteiger partial charge in [0.2, 0.25) is 11.8 Å². The highest BCUT2D eigenvalue weighted by Crippen LogP contribution is 2.69. The van der Waals surface area contributed by atoms with Crippen LogP contribution in [-0.2, 0) is 14.4 Å². The van der Waals surface area contributed by atoms with Crippen molar-refractivity contribution >= 4 is 40.9 Å². The molecule has 5 rings (SSSR count). The minimum absolute atomic E-state index is 0.0295. The third-order valence-electron chi connectivity index (χ3n) is 8.98. The van der Waals surface area contributed by atoms with Crippen molar-refractivity contribution in [2.24, 2.45) is 17.8 Å². The summed E-state index contributed by atoms with van der Waals surface area (Å²) in [5.74, 6) is -1.73. The number of benzene rings is 2. The maximum atomic E-state index is 14.7. The number of hydrogen-bond acceptors (Lipinski definition) is 5. The zero-order valence-corrected chi connectivity index (χ0v) is 24.8. The lowest BCUT2D eigenvalue weighted by atomic mass is 9.65. The number of anilines is 2. The van der Waals surface area contributed by atoms with Crippen molar-refractivity contribution in [2.45, 2.75) is 43.2 Å². The molecule has 41 heavy (non-hydrogen) atoms. The van der Waals surface area contributed by atoms with Gasteiger partial charge in [0.25, 0.3) is 5.91 Å². The van der Waals surface area contributed by atoms with Gasteiger partial charge in [-0.3, -0.25) is 14.4 Å². The number of aliphatic hydroxyl groups is 1. The van der Waals surface area contributed by atoms with Crippen molar-refractivity contribution in [1.82, 2.24) is 4.90 Å². The van der Waals surface area contributed by atoms with Crippen LogP contribution in [0, 0.1) is 31.6 Å². The first-order valence-electron chi connectivity index (χ1n) is 14.3. The van der Waals surface area contributed by atoms with E-state index in [0.717, 1.165) is 28.9 Å². The van der Waals surface area contributed by atoms with Gasteiger partial charge in [-0.2, -0.15) is 0 Å². The number of thioether (sulfide) groups is 1. The summed E-state index contributed by atoms with van der Waals surface area (Å²) < 4.78 is -0.776. The van der Waals surface area contributed by atoms with Gasteiger partial charge in [-0.05, 0) is 55.5 Å². The molecular weight excluding hydrogens is 534 g/mol. The Kier molecular flexibility index (Phi) is 8.17. The van der Waals surface area contributed by atoms with Gasteiger partial charge in [0.15, 0.2) is 0 Å². The smallest absolute Gasteiger partial charge is 0.251 e. The third kappa shape index (κ3) is 4.61. The van der Waals surface area contributed by atoms with E-state index >= 15 is 0 Å². The molecule has 0 saturated carbocycles. The predicted molar refractivity (Wildman–Crippen MR) is 165 cm³/mol. The Hall–Kier alpha value is -3.36. The van der Waals surface area contributed by atoms with Crippen LogP contribution in [0.2, 0.25) is 0 Å². The second-order valence-corrected chi connectivity index (χ2v) is 13.0. The molecule has 3 aliphatic rings. The number of fused-ring (bicyclic) bond motifs is 1. The molecule has 2 aromatic rings. The van der Waals surface area contributed by atoms with Gasteiger partial charge >= 0.3 is 0 Å². The molecule has 7 nitrogen and oxygen atoms in total. The van der Waals surface area contributed by atoms with Gasteiger partial charge in [-0.1, -0.05) is 49.4 Å². The fourth-order valence-electron chi connectivity index (χ4n) is 7.26. The molecule has 1 spiro atoms. The molecule has 1 N–H and O–H groups in total. The molecule has 8 heteroatoms. The normalized spacial score (nSPS) is 28.0. The molecule has 3 heterocycles. The summed E-state index contributed by atoms with van der Waals surface area (Å²) in [7, 11) is 0. The highest BCUT2D eigenvalue weighted by atomic mass is 32.2. The van der Waals surface area contributed by atoms with E-state index in [0.29, 0.717) is 6.54 Å². The van der Waals surface area contributed by atoms with Crippen molar-refractivity contribution in [3.05, 3.63) is 85.0 Å². The summed E-state index contributed by atoms with van der Waals surface area (Å²) in [6.07, 6.45) is 4.13. The van der Waals surface area contributed by atoms with Crippen LogP contribution in [0.1, 0.15) is 24.5 Å². The number of para-hydroxylation sites is 1. The molecule has 6 atom stereocenters. The number of likely N-dealkylation sites (tertiary alicyclic amines) is 1. The fourth-order valence-corrected chi connectivity index (χ4v) is 9.67. The van der Waals surface area contributed by atoms with E-state index in [1.807, 2.05) is 62.4 Å². The predicted octanol–water partition coefficient (Wildman–Crippen LogP) is 4.37. The molecule has 3 aliphatic heterocycles. The average molecular weight is 574 g/mol. The highest BCUT2D eigenvalue weighted by molar-refractivity contribution is 8.02. The summed E-state index contributed by atoms with van der Waals surface area (Å²) in [5, 5.41) is 9.95. The number of amides is 3. The number of hydrogen-bond donors (Lipinski definition) is 1. The first-order chi connectivity index (χ1) is 19.7. The Morgan fingerprint density at radius 2 is 1.76 bits per heavy atom. The van der Waals surface area contributed by atoms with E-state index in [2.05, 4.69) is 20.1 Å². The van der Waals surface area contributed by atoms with E-state index in [1.54, 1.807) is 38.6 Å². The fraction of sp³-hybridized carbons (Fsp3) is 0.424. The van der Waals surface area contributed by atoms with Crippen molar-refractivity contribution in [3.63, 3.8) is 0 Å². The number of nitrogens with zero attached hydrogens (tertiary/aromatic N) is 3. The van der Waals surface area contributed by atoms with Crippen molar-refractivity contribution < 1.29 is 19.5 Å². The lowest BCUT2D eigenvalue weighted by Gasteiger charge is -2.41. The number of rotatable bonds is 10. The number of carbonyl (C=O) groups excluding carboxylic acids is 3. The summed E-state index contributed by atoms with van der Waals surface area (Å²) in [5.41, 5.74) is 3.51. The molecule has 216 valence electrons. The molecule has 3 amide bonds. The lowest BCUT2D eigenvalue weighted by Crippen LogP contribution is -2.58. The number of carbonyl (C=O) groups is 3. The van der Waals surface area contributed by atoms with Gasteiger partial charge in [0.1, 0.15) is 6.04 Å². The van der Waals surface area contributed by atoms with Gasteiger partial charge in [-0.25, -0.2) is 0 Å². The summed E-state index contributed by atoms with van der Waals surface area (Å²) in [6, 6.07) is 14.6. The lowest BCUT2D eigenvalue weighted by molar-refractivity contribution is -0.139. The van der Waals surface area contributed by atoms with Crippen LogP contribution in [0.3, 0.4) is 0 Å². The van der Waals surface area contributed by atoms with E-state index in [9.17, 15) is 19.5 Å². The van der Waals surface area contributed by atoms with E-state index in [4.69, 9.17) is 0 Å². The Morgan fingerprint density at radius 3 is 2.41 bits per heavy atom. The third-order valence-corrected chi connectivity index (χ3v) is 11.1. The molecule has 2 aromatic carbocycles. The molecule has 3 saturated heterocycles. The van der Waals surface area contributed by atoms with Gasteiger partial charge in [0.05, 0.1) is 23.2 Å². The van der Waals surface area contributed by atoms with Crippen LogP contribution in [-0.4, -0.2) is 70.0 Å². The SMILES string of the molecule is C=CCN(C(=O)[C@@H]1[C@@H]2CC(C)C3(S2)C(C(=O)N(CC=C)c2cc(C)ccc2C)N(CCO)C(=O)[C@H]13)c1ccccc1. The Morgan fingerprint density at radius 1 is 1.07 bits per heavy atom. The molecule has 0 aromatic heterocycles. The van der Waals surface area contributed by atoms with Gasteiger partial charge in [-0.15, -0.1) is 24.9 Å². The largest absolute Gasteiger partial charge is 0.395 e. The van der Waals surface area contributed by atoms with Crippen molar-refractivity contribution in [3.8, 4) is 0 Å². The zero-order chi connectivity index (χ0) is 29.5. The Balaban J connectivity index is 1.59. The Labute approximate surface area is 246 Å². The van der Waals surface area contributed by atoms with E-state index in [1.165, 1.54) is 0 Å². The van der Waals surface area contributed by atoms with E-state index < -0.39 is 22.6 Å². The first kappa shape index (κ1) is 29.1. The van der Waals surface area contributed by atoms with Crippen LogP contribution < -0.4 is 9.80 Å². The molecule has 3 fully saturated rings. The van der Waals surface area contributed by atoms with E-state index in [-0.39, 0.29) is 48.6 Å². The van der Waals surface area contributed by atoms with Crippen LogP contribution in [0.5, 0.6) is 0 Å². The highest BCUT2D eigenvalue weighted by Gasteiger charge is 2.76.